The summed E-state index contributed by atoms with van der Waals surface area (Å²) >= 11 is 3.40. The van der Waals surface area contributed by atoms with Crippen LogP contribution >= 0.6 is 15.9 Å². The molecule has 2 nitrogen and oxygen atoms in total. The number of benzene rings is 1. The van der Waals surface area contributed by atoms with Crippen molar-refractivity contribution in [3.05, 3.63) is 40.5 Å². The van der Waals surface area contributed by atoms with Crippen molar-refractivity contribution in [3.63, 3.8) is 0 Å². The van der Waals surface area contributed by atoms with Crippen LogP contribution in [0.15, 0.2) is 34.9 Å². The smallest absolute Gasteiger partial charge is 0.128 e. The average molecular weight is 265 g/mol. The van der Waals surface area contributed by atoms with Gasteiger partial charge in [0.15, 0.2) is 0 Å². The summed E-state index contributed by atoms with van der Waals surface area (Å²) in [6.07, 6.45) is 0. The highest BCUT2D eigenvalue weighted by molar-refractivity contribution is 9.10. The molecule has 0 saturated heterocycles. The molecule has 2 rings (SSSR count). The SMILES string of the molecule is CCn1nc(Br)cc1-c1ccc(C)cc1. The number of rotatable bonds is 2. The van der Waals surface area contributed by atoms with E-state index in [0.717, 1.165) is 16.8 Å². The Kier molecular flexibility index (Phi) is 2.91. The largest absolute Gasteiger partial charge is 0.264 e. The lowest BCUT2D eigenvalue weighted by atomic mass is 10.1. The van der Waals surface area contributed by atoms with E-state index in [2.05, 4.69) is 59.1 Å². The normalized spacial score (nSPS) is 10.6. The molecule has 2 aromatic rings. The molecule has 0 amide bonds. The molecule has 1 heterocycles. The number of hydrogen-bond acceptors (Lipinski definition) is 1. The van der Waals surface area contributed by atoms with E-state index < -0.39 is 0 Å². The highest BCUT2D eigenvalue weighted by Crippen LogP contribution is 2.23. The number of halogens is 1. The van der Waals surface area contributed by atoms with E-state index in [-0.39, 0.29) is 0 Å². The second-order valence-corrected chi connectivity index (χ2v) is 4.35. The number of aromatic nitrogens is 2. The average Bonchev–Trinajstić information content (AvgIpc) is 2.61. The van der Waals surface area contributed by atoms with E-state index in [1.54, 1.807) is 0 Å². The number of aryl methyl sites for hydroxylation is 2. The summed E-state index contributed by atoms with van der Waals surface area (Å²) in [6, 6.07) is 10.6. The zero-order valence-corrected chi connectivity index (χ0v) is 10.5. The molecule has 0 N–H and O–H groups in total. The monoisotopic (exact) mass is 264 g/mol. The van der Waals surface area contributed by atoms with Gasteiger partial charge in [-0.25, -0.2) is 0 Å². The van der Waals surface area contributed by atoms with E-state index in [0.29, 0.717) is 0 Å². The van der Waals surface area contributed by atoms with Gasteiger partial charge in [0.2, 0.25) is 0 Å². The lowest BCUT2D eigenvalue weighted by Gasteiger charge is -2.04. The predicted octanol–water partition coefficient (Wildman–Crippen LogP) is 3.64. The Labute approximate surface area is 98.1 Å². The third-order valence-electron chi connectivity index (χ3n) is 2.40. The Hall–Kier alpha value is -1.09. The lowest BCUT2D eigenvalue weighted by Crippen LogP contribution is -1.98. The summed E-state index contributed by atoms with van der Waals surface area (Å²) in [7, 11) is 0. The molecular formula is C12H13BrN2. The first-order valence-corrected chi connectivity index (χ1v) is 5.80. The topological polar surface area (TPSA) is 17.8 Å². The van der Waals surface area contributed by atoms with Crippen LogP contribution in [0, 0.1) is 6.92 Å². The van der Waals surface area contributed by atoms with Crippen LogP contribution in [0.2, 0.25) is 0 Å². The van der Waals surface area contributed by atoms with Gasteiger partial charge in [0.05, 0.1) is 5.69 Å². The summed E-state index contributed by atoms with van der Waals surface area (Å²) in [5, 5.41) is 4.36. The van der Waals surface area contributed by atoms with Gasteiger partial charge in [-0.2, -0.15) is 5.10 Å². The fourth-order valence-corrected chi connectivity index (χ4v) is 1.99. The molecular weight excluding hydrogens is 252 g/mol. The van der Waals surface area contributed by atoms with E-state index >= 15 is 0 Å². The molecule has 0 bridgehead atoms. The van der Waals surface area contributed by atoms with Crippen molar-refractivity contribution in [1.82, 2.24) is 9.78 Å². The maximum absolute atomic E-state index is 4.36. The van der Waals surface area contributed by atoms with Crippen LogP contribution in [-0.4, -0.2) is 9.78 Å². The van der Waals surface area contributed by atoms with Crippen molar-refractivity contribution in [2.24, 2.45) is 0 Å². The molecule has 78 valence electrons. The van der Waals surface area contributed by atoms with Crippen LogP contribution in [0.1, 0.15) is 12.5 Å². The molecule has 0 fully saturated rings. The van der Waals surface area contributed by atoms with Gasteiger partial charge in [-0.3, -0.25) is 4.68 Å². The number of nitrogens with zero attached hydrogens (tertiary/aromatic N) is 2. The van der Waals surface area contributed by atoms with Gasteiger partial charge in [-0.05, 0) is 41.4 Å². The molecule has 0 unspecified atom stereocenters. The predicted molar refractivity (Wildman–Crippen MR) is 65.8 cm³/mol. The van der Waals surface area contributed by atoms with E-state index in [9.17, 15) is 0 Å². The molecule has 0 radical (unpaired) electrons. The second kappa shape index (κ2) is 4.19. The summed E-state index contributed by atoms with van der Waals surface area (Å²) in [4.78, 5) is 0. The molecule has 0 atom stereocenters. The van der Waals surface area contributed by atoms with Crippen molar-refractivity contribution >= 4 is 15.9 Å². The van der Waals surface area contributed by atoms with E-state index in [1.807, 2.05) is 10.7 Å². The maximum Gasteiger partial charge on any atom is 0.128 e. The third-order valence-corrected chi connectivity index (χ3v) is 2.78. The van der Waals surface area contributed by atoms with Crippen molar-refractivity contribution in [2.75, 3.05) is 0 Å². The minimum absolute atomic E-state index is 0.884. The molecule has 0 saturated carbocycles. The van der Waals surface area contributed by atoms with E-state index in [4.69, 9.17) is 0 Å². The molecule has 0 spiro atoms. The maximum atomic E-state index is 4.36. The Morgan fingerprint density at radius 1 is 1.27 bits per heavy atom. The third kappa shape index (κ3) is 2.12. The fraction of sp³-hybridized carbons (Fsp3) is 0.250. The summed E-state index contributed by atoms with van der Waals surface area (Å²) in [5.74, 6) is 0. The van der Waals surface area contributed by atoms with Crippen molar-refractivity contribution < 1.29 is 0 Å². The van der Waals surface area contributed by atoms with Gasteiger partial charge in [0, 0.05) is 6.54 Å². The molecule has 0 aliphatic rings. The van der Waals surface area contributed by atoms with Gasteiger partial charge in [-0.15, -0.1) is 0 Å². The first-order valence-electron chi connectivity index (χ1n) is 5.01. The zero-order chi connectivity index (χ0) is 10.8. The molecule has 3 heteroatoms. The van der Waals surface area contributed by atoms with Gasteiger partial charge in [0.1, 0.15) is 4.60 Å². The van der Waals surface area contributed by atoms with Crippen LogP contribution in [0.5, 0.6) is 0 Å². The Bertz CT molecular complexity index is 457. The molecule has 15 heavy (non-hydrogen) atoms. The highest BCUT2D eigenvalue weighted by atomic mass is 79.9. The molecule has 0 aliphatic heterocycles. The van der Waals surface area contributed by atoms with Crippen LogP contribution in [0.4, 0.5) is 0 Å². The van der Waals surface area contributed by atoms with Crippen molar-refractivity contribution in [2.45, 2.75) is 20.4 Å². The minimum atomic E-state index is 0.884. The first-order chi connectivity index (χ1) is 7.20. The molecule has 1 aromatic carbocycles. The minimum Gasteiger partial charge on any atom is -0.264 e. The fourth-order valence-electron chi connectivity index (χ4n) is 1.58. The van der Waals surface area contributed by atoms with Gasteiger partial charge < -0.3 is 0 Å². The quantitative estimate of drug-likeness (QED) is 0.810. The van der Waals surface area contributed by atoms with Gasteiger partial charge in [-0.1, -0.05) is 29.8 Å². The summed E-state index contributed by atoms with van der Waals surface area (Å²) in [5.41, 5.74) is 3.64. The Morgan fingerprint density at radius 2 is 1.93 bits per heavy atom. The second-order valence-electron chi connectivity index (χ2n) is 3.53. The Morgan fingerprint density at radius 3 is 2.53 bits per heavy atom. The van der Waals surface area contributed by atoms with Crippen LogP contribution in [-0.2, 0) is 6.54 Å². The van der Waals surface area contributed by atoms with Crippen molar-refractivity contribution in [1.29, 1.82) is 0 Å². The van der Waals surface area contributed by atoms with Crippen molar-refractivity contribution in [3.8, 4) is 11.3 Å². The molecule has 0 aliphatic carbocycles. The highest BCUT2D eigenvalue weighted by Gasteiger charge is 2.06. The van der Waals surface area contributed by atoms with Crippen LogP contribution in [0.25, 0.3) is 11.3 Å². The Balaban J connectivity index is 2.48. The summed E-state index contributed by atoms with van der Waals surface area (Å²) < 4.78 is 2.88. The van der Waals surface area contributed by atoms with Gasteiger partial charge in [0.25, 0.3) is 0 Å². The molecule has 1 aromatic heterocycles. The summed E-state index contributed by atoms with van der Waals surface area (Å²) in [6.45, 7) is 5.07. The number of hydrogen-bond donors (Lipinski definition) is 0. The zero-order valence-electron chi connectivity index (χ0n) is 8.87. The van der Waals surface area contributed by atoms with Crippen LogP contribution in [0.3, 0.4) is 0 Å². The lowest BCUT2D eigenvalue weighted by molar-refractivity contribution is 0.662. The standard InChI is InChI=1S/C12H13BrN2/c1-3-15-11(8-12(13)14-15)10-6-4-9(2)5-7-10/h4-8H,3H2,1-2H3. The van der Waals surface area contributed by atoms with Crippen LogP contribution < -0.4 is 0 Å². The first kappa shape index (κ1) is 10.4. The van der Waals surface area contributed by atoms with Gasteiger partial charge >= 0.3 is 0 Å². The van der Waals surface area contributed by atoms with E-state index in [1.165, 1.54) is 11.1 Å².